The van der Waals surface area contributed by atoms with E-state index in [4.69, 9.17) is 15.2 Å². The molecule has 1 fully saturated rings. The van der Waals surface area contributed by atoms with Crippen LogP contribution < -0.4 is 15.2 Å². The van der Waals surface area contributed by atoms with Gasteiger partial charge in [0, 0.05) is 19.1 Å². The Labute approximate surface area is 131 Å². The number of nitrogens with two attached hydrogens (primary N) is 1. The average molecular weight is 304 g/mol. The number of likely N-dealkylation sites (tertiary alicyclic amines) is 1. The smallest absolute Gasteiger partial charge is 0.260 e. The van der Waals surface area contributed by atoms with Gasteiger partial charge in [0.2, 0.25) is 0 Å². The molecule has 22 heavy (non-hydrogen) atoms. The number of piperidine rings is 1. The van der Waals surface area contributed by atoms with Gasteiger partial charge in [0.1, 0.15) is 0 Å². The second-order valence-electron chi connectivity index (χ2n) is 5.44. The van der Waals surface area contributed by atoms with E-state index >= 15 is 0 Å². The number of hydrogen-bond acceptors (Lipinski definition) is 4. The molecule has 1 aliphatic heterocycles. The summed E-state index contributed by atoms with van der Waals surface area (Å²) in [5, 5.41) is 0. The maximum absolute atomic E-state index is 12.2. The van der Waals surface area contributed by atoms with Gasteiger partial charge in [0.05, 0.1) is 7.11 Å². The number of benzene rings is 1. The van der Waals surface area contributed by atoms with Gasteiger partial charge in [-0.05, 0) is 37.5 Å². The SMILES string of the molecule is C/C=C/c1ccc(OCC(=O)N2CCCC(N)C2)c(OC)c1. The van der Waals surface area contributed by atoms with Crippen molar-refractivity contribution in [1.29, 1.82) is 0 Å². The molecule has 5 nitrogen and oxygen atoms in total. The molecule has 2 N–H and O–H groups in total. The van der Waals surface area contributed by atoms with Gasteiger partial charge in [-0.25, -0.2) is 0 Å². The summed E-state index contributed by atoms with van der Waals surface area (Å²) < 4.78 is 11.0. The molecule has 0 bridgehead atoms. The van der Waals surface area contributed by atoms with Crippen LogP contribution in [-0.2, 0) is 4.79 Å². The fourth-order valence-corrected chi connectivity index (χ4v) is 2.57. The summed E-state index contributed by atoms with van der Waals surface area (Å²) in [4.78, 5) is 14.0. The fourth-order valence-electron chi connectivity index (χ4n) is 2.57. The predicted molar refractivity (Wildman–Crippen MR) is 87.0 cm³/mol. The largest absolute Gasteiger partial charge is 0.493 e. The molecule has 0 aromatic heterocycles. The van der Waals surface area contributed by atoms with E-state index in [-0.39, 0.29) is 18.6 Å². The van der Waals surface area contributed by atoms with Crippen LogP contribution in [0, 0.1) is 0 Å². The van der Waals surface area contributed by atoms with Gasteiger partial charge in [-0.3, -0.25) is 4.79 Å². The summed E-state index contributed by atoms with van der Waals surface area (Å²) >= 11 is 0. The van der Waals surface area contributed by atoms with Crippen LogP contribution in [0.1, 0.15) is 25.3 Å². The molecule has 1 atom stereocenters. The number of ether oxygens (including phenoxy) is 2. The minimum Gasteiger partial charge on any atom is -0.493 e. The third-order valence-corrected chi connectivity index (χ3v) is 3.71. The molecule has 0 saturated carbocycles. The molecule has 0 aliphatic carbocycles. The number of nitrogens with zero attached hydrogens (tertiary/aromatic N) is 1. The summed E-state index contributed by atoms with van der Waals surface area (Å²) in [6.45, 7) is 3.33. The molecule has 1 aliphatic rings. The topological polar surface area (TPSA) is 64.8 Å². The average Bonchev–Trinajstić information content (AvgIpc) is 2.53. The van der Waals surface area contributed by atoms with Crippen molar-refractivity contribution in [2.45, 2.75) is 25.8 Å². The summed E-state index contributed by atoms with van der Waals surface area (Å²) in [6, 6.07) is 5.71. The zero-order valence-electron chi connectivity index (χ0n) is 13.2. The highest BCUT2D eigenvalue weighted by molar-refractivity contribution is 5.78. The predicted octanol–water partition coefficient (Wildman–Crippen LogP) is 2.06. The van der Waals surface area contributed by atoms with Crippen LogP contribution in [0.2, 0.25) is 0 Å². The number of hydrogen-bond donors (Lipinski definition) is 1. The highest BCUT2D eigenvalue weighted by atomic mass is 16.5. The lowest BCUT2D eigenvalue weighted by Gasteiger charge is -2.30. The minimum absolute atomic E-state index is 0.00600. The molecule has 1 unspecified atom stereocenters. The molecule has 1 heterocycles. The van der Waals surface area contributed by atoms with E-state index in [1.54, 1.807) is 12.0 Å². The van der Waals surface area contributed by atoms with Gasteiger partial charge >= 0.3 is 0 Å². The Morgan fingerprint density at radius 2 is 2.27 bits per heavy atom. The Morgan fingerprint density at radius 1 is 1.45 bits per heavy atom. The first kappa shape index (κ1) is 16.4. The summed E-state index contributed by atoms with van der Waals surface area (Å²) in [5.74, 6) is 1.17. The van der Waals surface area contributed by atoms with Crippen LogP contribution >= 0.6 is 0 Å². The third kappa shape index (κ3) is 4.24. The summed E-state index contributed by atoms with van der Waals surface area (Å²) in [7, 11) is 1.59. The van der Waals surface area contributed by atoms with Crippen molar-refractivity contribution in [3.8, 4) is 11.5 Å². The molecule has 0 spiro atoms. The summed E-state index contributed by atoms with van der Waals surface area (Å²) in [5.41, 5.74) is 6.93. The van der Waals surface area contributed by atoms with E-state index in [0.29, 0.717) is 18.0 Å². The Morgan fingerprint density at radius 3 is 2.95 bits per heavy atom. The van der Waals surface area contributed by atoms with Crippen molar-refractivity contribution in [2.24, 2.45) is 5.73 Å². The van der Waals surface area contributed by atoms with Crippen molar-refractivity contribution >= 4 is 12.0 Å². The zero-order valence-corrected chi connectivity index (χ0v) is 13.2. The normalized spacial score (nSPS) is 18.5. The highest BCUT2D eigenvalue weighted by Crippen LogP contribution is 2.28. The lowest BCUT2D eigenvalue weighted by Crippen LogP contribution is -2.47. The van der Waals surface area contributed by atoms with Crippen molar-refractivity contribution < 1.29 is 14.3 Å². The van der Waals surface area contributed by atoms with E-state index in [9.17, 15) is 4.79 Å². The van der Waals surface area contributed by atoms with Gasteiger partial charge < -0.3 is 20.1 Å². The van der Waals surface area contributed by atoms with Gasteiger partial charge in [-0.1, -0.05) is 18.2 Å². The molecule has 1 aromatic carbocycles. The molecule has 5 heteroatoms. The second-order valence-corrected chi connectivity index (χ2v) is 5.44. The third-order valence-electron chi connectivity index (χ3n) is 3.71. The number of carbonyl (C=O) groups is 1. The number of methoxy groups -OCH3 is 1. The molecule has 1 saturated heterocycles. The van der Waals surface area contributed by atoms with Gasteiger partial charge in [-0.15, -0.1) is 0 Å². The van der Waals surface area contributed by atoms with Crippen molar-refractivity contribution in [3.63, 3.8) is 0 Å². The maximum atomic E-state index is 12.2. The molecular formula is C17H24N2O3. The fraction of sp³-hybridized carbons (Fsp3) is 0.471. The molecule has 1 aromatic rings. The van der Waals surface area contributed by atoms with Crippen molar-refractivity contribution in [2.75, 3.05) is 26.8 Å². The quantitative estimate of drug-likeness (QED) is 0.904. The van der Waals surface area contributed by atoms with Gasteiger partial charge in [-0.2, -0.15) is 0 Å². The maximum Gasteiger partial charge on any atom is 0.260 e. The lowest BCUT2D eigenvalue weighted by molar-refractivity contribution is -0.134. The zero-order chi connectivity index (χ0) is 15.9. The Balaban J connectivity index is 1.97. The van der Waals surface area contributed by atoms with Gasteiger partial charge in [0.25, 0.3) is 5.91 Å². The molecule has 1 amide bonds. The van der Waals surface area contributed by atoms with Crippen molar-refractivity contribution in [1.82, 2.24) is 4.90 Å². The first-order valence-electron chi connectivity index (χ1n) is 7.61. The number of carbonyl (C=O) groups excluding carboxylic acids is 1. The standard InChI is InChI=1S/C17H24N2O3/c1-3-5-13-7-8-15(16(10-13)21-2)22-12-17(20)19-9-4-6-14(18)11-19/h3,5,7-8,10,14H,4,6,9,11-12,18H2,1-2H3/b5-3+. The van der Waals surface area contributed by atoms with E-state index < -0.39 is 0 Å². The molecule has 0 radical (unpaired) electrons. The highest BCUT2D eigenvalue weighted by Gasteiger charge is 2.21. The van der Waals surface area contributed by atoms with E-state index in [1.165, 1.54) is 0 Å². The number of amides is 1. The Bertz CT molecular complexity index is 543. The molecule has 120 valence electrons. The van der Waals surface area contributed by atoms with E-state index in [1.807, 2.05) is 37.3 Å². The number of rotatable bonds is 5. The van der Waals surface area contributed by atoms with E-state index in [0.717, 1.165) is 24.9 Å². The van der Waals surface area contributed by atoms with Crippen LogP contribution in [-0.4, -0.2) is 43.7 Å². The van der Waals surface area contributed by atoms with Crippen LogP contribution in [0.4, 0.5) is 0 Å². The Hall–Kier alpha value is -2.01. The number of allylic oxidation sites excluding steroid dienone is 1. The van der Waals surface area contributed by atoms with Gasteiger partial charge in [0.15, 0.2) is 18.1 Å². The lowest BCUT2D eigenvalue weighted by atomic mass is 10.1. The van der Waals surface area contributed by atoms with Crippen molar-refractivity contribution in [3.05, 3.63) is 29.8 Å². The minimum atomic E-state index is -0.0327. The van der Waals surface area contributed by atoms with E-state index in [2.05, 4.69) is 0 Å². The second kappa shape index (κ2) is 7.84. The first-order chi connectivity index (χ1) is 10.6. The Kier molecular flexibility index (Phi) is 5.83. The molecule has 2 rings (SSSR count). The van der Waals surface area contributed by atoms with Crippen LogP contribution in [0.5, 0.6) is 11.5 Å². The molecular weight excluding hydrogens is 280 g/mol. The van der Waals surface area contributed by atoms with Crippen LogP contribution in [0.15, 0.2) is 24.3 Å². The first-order valence-corrected chi connectivity index (χ1v) is 7.61. The van der Waals surface area contributed by atoms with Crippen LogP contribution in [0.25, 0.3) is 6.08 Å². The monoisotopic (exact) mass is 304 g/mol. The van der Waals surface area contributed by atoms with Crippen LogP contribution in [0.3, 0.4) is 0 Å². The summed E-state index contributed by atoms with van der Waals surface area (Å²) in [6.07, 6.45) is 5.87.